The highest BCUT2D eigenvalue weighted by atomic mass is 32.1. The molecule has 0 aliphatic carbocycles. The molecule has 3 aromatic rings. The molecule has 0 saturated heterocycles. The first-order valence-corrected chi connectivity index (χ1v) is 9.72. The minimum atomic E-state index is 0.0778. The van der Waals surface area contributed by atoms with Crippen LogP contribution in [-0.4, -0.2) is 26.9 Å². The van der Waals surface area contributed by atoms with Gasteiger partial charge in [-0.25, -0.2) is 4.98 Å². The molecule has 0 N–H and O–H groups in total. The molecular weight excluding hydrogens is 342 g/mol. The van der Waals surface area contributed by atoms with Crippen LogP contribution < -0.4 is 0 Å². The van der Waals surface area contributed by atoms with Crippen LogP contribution in [0, 0.1) is 12.8 Å². The van der Waals surface area contributed by atoms with Crippen LogP contribution in [0.3, 0.4) is 0 Å². The first kappa shape index (κ1) is 18.4. The van der Waals surface area contributed by atoms with Gasteiger partial charge in [-0.2, -0.15) is 0 Å². The molecule has 0 unspecified atom stereocenters. The molecule has 0 bridgehead atoms. The molecule has 4 nitrogen and oxygen atoms in total. The Kier molecular flexibility index (Phi) is 5.57. The Morgan fingerprint density at radius 1 is 1.31 bits per heavy atom. The van der Waals surface area contributed by atoms with Crippen molar-refractivity contribution in [3.63, 3.8) is 0 Å². The minimum absolute atomic E-state index is 0.0778. The molecule has 136 valence electrons. The lowest BCUT2D eigenvalue weighted by atomic mass is 10.2. The molecule has 2 heterocycles. The third-order valence-corrected chi connectivity index (χ3v) is 5.19. The van der Waals surface area contributed by atoms with Gasteiger partial charge in [-0.05, 0) is 37.1 Å². The number of aromatic nitrogens is 2. The van der Waals surface area contributed by atoms with Crippen molar-refractivity contribution in [3.8, 4) is 0 Å². The van der Waals surface area contributed by atoms with Crippen LogP contribution in [0.1, 0.15) is 34.2 Å². The maximum Gasteiger partial charge on any atom is 0.264 e. The van der Waals surface area contributed by atoms with Gasteiger partial charge >= 0.3 is 0 Å². The predicted molar refractivity (Wildman–Crippen MR) is 109 cm³/mol. The van der Waals surface area contributed by atoms with Crippen molar-refractivity contribution in [1.82, 2.24) is 14.5 Å². The summed E-state index contributed by atoms with van der Waals surface area (Å²) in [4.78, 5) is 21.7. The van der Waals surface area contributed by atoms with Crippen LogP contribution in [0.25, 0.3) is 11.0 Å². The summed E-state index contributed by atoms with van der Waals surface area (Å²) in [5.74, 6) is 1.36. The molecule has 3 rings (SSSR count). The Bertz CT molecular complexity index is 922. The van der Waals surface area contributed by atoms with Gasteiger partial charge in [0.1, 0.15) is 5.82 Å². The maximum absolute atomic E-state index is 13.1. The lowest BCUT2D eigenvalue weighted by Gasteiger charge is -2.24. The Hall–Kier alpha value is -2.40. The molecule has 0 spiro atoms. The Labute approximate surface area is 158 Å². The minimum Gasteiger partial charge on any atom is -0.330 e. The van der Waals surface area contributed by atoms with Crippen LogP contribution in [0.2, 0.25) is 0 Å². The van der Waals surface area contributed by atoms with Gasteiger partial charge in [0.05, 0.1) is 22.5 Å². The normalized spacial score (nSPS) is 11.2. The number of fused-ring (bicyclic) bond motifs is 1. The average molecular weight is 368 g/mol. The Morgan fingerprint density at radius 3 is 2.73 bits per heavy atom. The number of thiophene rings is 1. The zero-order chi connectivity index (χ0) is 18.7. The van der Waals surface area contributed by atoms with Crippen LogP contribution in [0.5, 0.6) is 0 Å². The quantitative estimate of drug-likeness (QED) is 0.558. The molecule has 0 fully saturated rings. The van der Waals surface area contributed by atoms with E-state index < -0.39 is 0 Å². The summed E-state index contributed by atoms with van der Waals surface area (Å²) in [5.41, 5.74) is 2.03. The zero-order valence-corrected chi connectivity index (χ0v) is 16.4. The van der Waals surface area contributed by atoms with Gasteiger partial charge in [-0.3, -0.25) is 4.79 Å². The van der Waals surface area contributed by atoms with E-state index >= 15 is 0 Å². The van der Waals surface area contributed by atoms with E-state index in [9.17, 15) is 4.79 Å². The van der Waals surface area contributed by atoms with E-state index in [2.05, 4.69) is 31.1 Å². The predicted octanol–water partition coefficient (Wildman–Crippen LogP) is 4.89. The topological polar surface area (TPSA) is 38.1 Å². The highest BCUT2D eigenvalue weighted by molar-refractivity contribution is 7.13. The van der Waals surface area contributed by atoms with Crippen molar-refractivity contribution in [1.29, 1.82) is 0 Å². The number of hydrogen-bond acceptors (Lipinski definition) is 3. The maximum atomic E-state index is 13.1. The summed E-state index contributed by atoms with van der Waals surface area (Å²) in [6, 6.07) is 12.0. The number of allylic oxidation sites excluding steroid dienone is 1. The number of para-hydroxylation sites is 2. The van der Waals surface area contributed by atoms with Crippen molar-refractivity contribution in [2.24, 2.45) is 5.92 Å². The van der Waals surface area contributed by atoms with Crippen molar-refractivity contribution >= 4 is 28.3 Å². The highest BCUT2D eigenvalue weighted by Crippen LogP contribution is 2.22. The third kappa shape index (κ3) is 3.88. The van der Waals surface area contributed by atoms with Gasteiger partial charge < -0.3 is 9.47 Å². The largest absolute Gasteiger partial charge is 0.330 e. The molecule has 1 amide bonds. The fraction of sp³-hybridized carbons (Fsp3) is 0.333. The number of hydrogen-bond donors (Lipinski definition) is 0. The van der Waals surface area contributed by atoms with Gasteiger partial charge in [-0.15, -0.1) is 17.9 Å². The summed E-state index contributed by atoms with van der Waals surface area (Å²) in [6.07, 6.45) is 1.87. The monoisotopic (exact) mass is 367 g/mol. The number of carbonyl (C=O) groups excluding carboxylic acids is 1. The number of nitrogens with zero attached hydrogens (tertiary/aromatic N) is 3. The van der Waals surface area contributed by atoms with Crippen LogP contribution in [0.15, 0.2) is 49.1 Å². The van der Waals surface area contributed by atoms with Crippen molar-refractivity contribution in [3.05, 3.63) is 64.6 Å². The molecule has 0 saturated carbocycles. The van der Waals surface area contributed by atoms with E-state index in [1.165, 1.54) is 0 Å². The number of amides is 1. The van der Waals surface area contributed by atoms with Gasteiger partial charge in [0, 0.05) is 18.0 Å². The smallest absolute Gasteiger partial charge is 0.264 e. The highest BCUT2D eigenvalue weighted by Gasteiger charge is 2.21. The fourth-order valence-electron chi connectivity index (χ4n) is 3.11. The number of imidazole rings is 1. The van der Waals surface area contributed by atoms with E-state index in [-0.39, 0.29) is 5.91 Å². The molecule has 1 aromatic carbocycles. The van der Waals surface area contributed by atoms with E-state index in [1.807, 2.05) is 48.2 Å². The van der Waals surface area contributed by atoms with Crippen LogP contribution >= 0.6 is 11.3 Å². The van der Waals surface area contributed by atoms with Crippen molar-refractivity contribution in [2.45, 2.75) is 33.9 Å². The van der Waals surface area contributed by atoms with Gasteiger partial charge in [0.25, 0.3) is 5.91 Å². The van der Waals surface area contributed by atoms with Crippen LogP contribution in [-0.2, 0) is 13.1 Å². The number of rotatable bonds is 7. The average Bonchev–Trinajstić information content (AvgIpc) is 3.18. The first-order chi connectivity index (χ1) is 12.5. The SMILES string of the molecule is C=CCn1c(CN(CC(C)C)C(=O)c2ccc(C)s2)nc2ccccc21. The summed E-state index contributed by atoms with van der Waals surface area (Å²) in [6.45, 7) is 12.0. The second kappa shape index (κ2) is 7.87. The Balaban J connectivity index is 1.96. The van der Waals surface area contributed by atoms with E-state index in [1.54, 1.807) is 11.3 Å². The van der Waals surface area contributed by atoms with Gasteiger partial charge in [-0.1, -0.05) is 32.1 Å². The molecule has 5 heteroatoms. The zero-order valence-electron chi connectivity index (χ0n) is 15.6. The molecule has 0 atom stereocenters. The third-order valence-electron chi connectivity index (χ3n) is 4.20. The van der Waals surface area contributed by atoms with E-state index in [0.29, 0.717) is 25.6 Å². The second-order valence-electron chi connectivity index (χ2n) is 6.91. The summed E-state index contributed by atoms with van der Waals surface area (Å²) in [5, 5.41) is 0. The Morgan fingerprint density at radius 2 is 2.08 bits per heavy atom. The standard InChI is InChI=1S/C21H25N3OS/c1-5-12-24-18-9-7-6-8-17(18)22-20(24)14-23(13-15(2)3)21(25)19-11-10-16(4)26-19/h5-11,15H,1,12-14H2,2-4H3. The van der Waals surface area contributed by atoms with Gasteiger partial charge in [0.15, 0.2) is 0 Å². The number of carbonyl (C=O) groups is 1. The number of aryl methyl sites for hydroxylation is 1. The molecular formula is C21H25N3OS. The molecule has 2 aromatic heterocycles. The lowest BCUT2D eigenvalue weighted by Crippen LogP contribution is -2.34. The summed E-state index contributed by atoms with van der Waals surface area (Å²) in [7, 11) is 0. The van der Waals surface area contributed by atoms with Gasteiger partial charge in [0.2, 0.25) is 0 Å². The second-order valence-corrected chi connectivity index (χ2v) is 8.19. The first-order valence-electron chi connectivity index (χ1n) is 8.90. The molecule has 26 heavy (non-hydrogen) atoms. The fourth-order valence-corrected chi connectivity index (χ4v) is 3.95. The van der Waals surface area contributed by atoms with E-state index in [4.69, 9.17) is 4.98 Å². The molecule has 0 radical (unpaired) electrons. The molecule has 0 aliphatic rings. The molecule has 0 aliphatic heterocycles. The van der Waals surface area contributed by atoms with Crippen molar-refractivity contribution < 1.29 is 4.79 Å². The lowest BCUT2D eigenvalue weighted by molar-refractivity contribution is 0.0721. The summed E-state index contributed by atoms with van der Waals surface area (Å²) >= 11 is 1.55. The van der Waals surface area contributed by atoms with Crippen LogP contribution in [0.4, 0.5) is 0 Å². The summed E-state index contributed by atoms with van der Waals surface area (Å²) < 4.78 is 2.14. The number of benzene rings is 1. The van der Waals surface area contributed by atoms with Crippen molar-refractivity contribution in [2.75, 3.05) is 6.54 Å². The van der Waals surface area contributed by atoms with E-state index in [0.717, 1.165) is 26.6 Å².